The maximum absolute atomic E-state index is 12.2. The molecule has 0 heterocycles. The van der Waals surface area contributed by atoms with Crippen LogP contribution in [0.1, 0.15) is 37.7 Å². The highest BCUT2D eigenvalue weighted by molar-refractivity contribution is 9.10. The number of rotatable bonds is 9. The van der Waals surface area contributed by atoms with Gasteiger partial charge in [-0.2, -0.15) is 0 Å². The van der Waals surface area contributed by atoms with Gasteiger partial charge in [-0.15, -0.1) is 0 Å². The molecular formula is C14H20BrNO4S. The number of halogens is 1. The van der Waals surface area contributed by atoms with E-state index in [0.29, 0.717) is 24.9 Å². The van der Waals surface area contributed by atoms with E-state index in [2.05, 4.69) is 20.7 Å². The van der Waals surface area contributed by atoms with Crippen LogP contribution in [-0.2, 0) is 14.8 Å². The Morgan fingerprint density at radius 3 is 2.57 bits per heavy atom. The standard InChI is InChI=1S/C14H20BrNO4S/c1-11-7-8-12(15)10-13(11)21(19,20)16-9-5-3-2-4-6-14(17)18/h7-8,10,16H,2-6,9H2,1H3,(H,17,18). The number of hydrogen-bond donors (Lipinski definition) is 2. The molecule has 0 aliphatic rings. The van der Waals surface area contributed by atoms with Crippen molar-refractivity contribution in [3.63, 3.8) is 0 Å². The van der Waals surface area contributed by atoms with Crippen molar-refractivity contribution in [2.45, 2.75) is 43.9 Å². The van der Waals surface area contributed by atoms with Crippen molar-refractivity contribution in [2.24, 2.45) is 0 Å². The lowest BCUT2D eigenvalue weighted by Crippen LogP contribution is -2.25. The third kappa shape index (κ3) is 6.58. The summed E-state index contributed by atoms with van der Waals surface area (Å²) < 4.78 is 27.6. The quantitative estimate of drug-likeness (QED) is 0.647. The summed E-state index contributed by atoms with van der Waals surface area (Å²) in [6.45, 7) is 2.12. The van der Waals surface area contributed by atoms with Gasteiger partial charge in [-0.1, -0.05) is 34.8 Å². The first-order chi connectivity index (χ1) is 9.83. The monoisotopic (exact) mass is 377 g/mol. The number of benzene rings is 1. The number of unbranched alkanes of at least 4 members (excludes halogenated alkanes) is 3. The number of hydrogen-bond acceptors (Lipinski definition) is 3. The molecule has 0 bridgehead atoms. The van der Waals surface area contributed by atoms with E-state index in [-0.39, 0.29) is 11.3 Å². The SMILES string of the molecule is Cc1ccc(Br)cc1S(=O)(=O)NCCCCCCC(=O)O. The van der Waals surface area contributed by atoms with Crippen molar-refractivity contribution in [3.8, 4) is 0 Å². The van der Waals surface area contributed by atoms with Gasteiger partial charge in [-0.25, -0.2) is 13.1 Å². The van der Waals surface area contributed by atoms with Crippen LogP contribution in [0.3, 0.4) is 0 Å². The molecular weight excluding hydrogens is 358 g/mol. The zero-order chi connectivity index (χ0) is 15.9. The molecule has 21 heavy (non-hydrogen) atoms. The number of aliphatic carboxylic acids is 1. The minimum Gasteiger partial charge on any atom is -0.481 e. The average Bonchev–Trinajstić information content (AvgIpc) is 2.40. The smallest absolute Gasteiger partial charge is 0.303 e. The maximum Gasteiger partial charge on any atom is 0.303 e. The fourth-order valence-electron chi connectivity index (χ4n) is 1.90. The van der Waals surface area contributed by atoms with Gasteiger partial charge in [0.2, 0.25) is 10.0 Å². The van der Waals surface area contributed by atoms with Crippen molar-refractivity contribution < 1.29 is 18.3 Å². The van der Waals surface area contributed by atoms with E-state index in [1.807, 2.05) is 0 Å². The number of nitrogens with one attached hydrogen (secondary N) is 1. The van der Waals surface area contributed by atoms with Gasteiger partial charge < -0.3 is 5.11 Å². The number of sulfonamides is 1. The van der Waals surface area contributed by atoms with Gasteiger partial charge in [-0.3, -0.25) is 4.79 Å². The fourth-order valence-corrected chi connectivity index (χ4v) is 3.76. The predicted molar refractivity (Wildman–Crippen MR) is 84.8 cm³/mol. The minimum atomic E-state index is -3.49. The molecule has 0 atom stereocenters. The van der Waals surface area contributed by atoms with E-state index in [9.17, 15) is 13.2 Å². The van der Waals surface area contributed by atoms with E-state index < -0.39 is 16.0 Å². The highest BCUT2D eigenvalue weighted by atomic mass is 79.9. The summed E-state index contributed by atoms with van der Waals surface area (Å²) in [5.41, 5.74) is 0.701. The lowest BCUT2D eigenvalue weighted by Gasteiger charge is -2.09. The molecule has 0 saturated heterocycles. The third-order valence-electron chi connectivity index (χ3n) is 3.05. The summed E-state index contributed by atoms with van der Waals surface area (Å²) in [4.78, 5) is 10.6. The van der Waals surface area contributed by atoms with Crippen LogP contribution in [0.4, 0.5) is 0 Å². The number of carboxylic acid groups (broad SMARTS) is 1. The lowest BCUT2D eigenvalue weighted by molar-refractivity contribution is -0.137. The summed E-state index contributed by atoms with van der Waals surface area (Å²) in [6.07, 6.45) is 3.11. The molecule has 1 rings (SSSR count). The maximum atomic E-state index is 12.2. The molecule has 0 radical (unpaired) electrons. The second kappa shape index (κ2) is 8.51. The van der Waals surface area contributed by atoms with Gasteiger partial charge >= 0.3 is 5.97 Å². The molecule has 0 aliphatic heterocycles. The van der Waals surface area contributed by atoms with E-state index >= 15 is 0 Å². The first-order valence-corrected chi connectivity index (χ1v) is 9.08. The Morgan fingerprint density at radius 2 is 1.90 bits per heavy atom. The Balaban J connectivity index is 2.40. The van der Waals surface area contributed by atoms with Gasteiger partial charge in [0, 0.05) is 17.4 Å². The van der Waals surface area contributed by atoms with Gasteiger partial charge in [0.25, 0.3) is 0 Å². The molecule has 0 unspecified atom stereocenters. The summed E-state index contributed by atoms with van der Waals surface area (Å²) in [5.74, 6) is -0.791. The Hall–Kier alpha value is -0.920. The van der Waals surface area contributed by atoms with E-state index in [1.165, 1.54) is 0 Å². The molecule has 5 nitrogen and oxygen atoms in total. The van der Waals surface area contributed by atoms with E-state index in [4.69, 9.17) is 5.11 Å². The summed E-state index contributed by atoms with van der Waals surface area (Å²) in [7, 11) is -3.49. The van der Waals surface area contributed by atoms with E-state index in [1.54, 1.807) is 25.1 Å². The van der Waals surface area contributed by atoms with Crippen LogP contribution in [0.5, 0.6) is 0 Å². The van der Waals surface area contributed by atoms with Crippen LogP contribution in [-0.4, -0.2) is 26.0 Å². The third-order valence-corrected chi connectivity index (χ3v) is 5.15. The predicted octanol–water partition coefficient (Wildman–Crippen LogP) is 3.07. The van der Waals surface area contributed by atoms with Crippen LogP contribution in [0.2, 0.25) is 0 Å². The van der Waals surface area contributed by atoms with Gasteiger partial charge in [0.1, 0.15) is 0 Å². The van der Waals surface area contributed by atoms with Crippen molar-refractivity contribution in [1.82, 2.24) is 4.72 Å². The summed E-state index contributed by atoms with van der Waals surface area (Å²) >= 11 is 3.27. The molecule has 0 amide bonds. The number of aryl methyl sites for hydroxylation is 1. The van der Waals surface area contributed by atoms with E-state index in [0.717, 1.165) is 17.3 Å². The Bertz CT molecular complexity index is 587. The second-order valence-electron chi connectivity index (χ2n) is 4.87. The highest BCUT2D eigenvalue weighted by Gasteiger charge is 2.16. The molecule has 7 heteroatoms. The summed E-state index contributed by atoms with van der Waals surface area (Å²) in [6, 6.07) is 5.14. The first kappa shape index (κ1) is 18.1. The van der Waals surface area contributed by atoms with Gasteiger partial charge in [-0.05, 0) is 37.5 Å². The van der Waals surface area contributed by atoms with Gasteiger partial charge in [0.05, 0.1) is 4.90 Å². The first-order valence-electron chi connectivity index (χ1n) is 6.80. The molecule has 0 aromatic heterocycles. The molecule has 1 aromatic rings. The average molecular weight is 378 g/mol. The van der Waals surface area contributed by atoms with Crippen molar-refractivity contribution in [1.29, 1.82) is 0 Å². The van der Waals surface area contributed by atoms with Crippen LogP contribution in [0.25, 0.3) is 0 Å². The zero-order valence-corrected chi connectivity index (χ0v) is 14.3. The Kier molecular flexibility index (Phi) is 7.34. The van der Waals surface area contributed by atoms with Crippen LogP contribution >= 0.6 is 15.9 Å². The largest absolute Gasteiger partial charge is 0.481 e. The molecule has 0 saturated carbocycles. The highest BCUT2D eigenvalue weighted by Crippen LogP contribution is 2.20. The van der Waals surface area contributed by atoms with Crippen molar-refractivity contribution >= 4 is 31.9 Å². The summed E-state index contributed by atoms with van der Waals surface area (Å²) in [5, 5.41) is 8.50. The Morgan fingerprint density at radius 1 is 1.24 bits per heavy atom. The van der Waals surface area contributed by atoms with Crippen LogP contribution in [0, 0.1) is 6.92 Å². The molecule has 0 aliphatic carbocycles. The minimum absolute atomic E-state index is 0.170. The number of carbonyl (C=O) groups is 1. The molecule has 118 valence electrons. The molecule has 1 aromatic carbocycles. The molecule has 0 spiro atoms. The zero-order valence-electron chi connectivity index (χ0n) is 11.9. The molecule has 0 fully saturated rings. The lowest BCUT2D eigenvalue weighted by atomic mass is 10.1. The fraction of sp³-hybridized carbons (Fsp3) is 0.500. The normalized spacial score (nSPS) is 11.5. The topological polar surface area (TPSA) is 83.5 Å². The van der Waals surface area contributed by atoms with Crippen LogP contribution in [0.15, 0.2) is 27.6 Å². The Labute approximate surface area is 133 Å². The van der Waals surface area contributed by atoms with Crippen LogP contribution < -0.4 is 4.72 Å². The number of carboxylic acids is 1. The second-order valence-corrected chi connectivity index (χ2v) is 7.52. The molecule has 2 N–H and O–H groups in total. The van der Waals surface area contributed by atoms with Gasteiger partial charge in [0.15, 0.2) is 0 Å². The van der Waals surface area contributed by atoms with Crippen molar-refractivity contribution in [3.05, 3.63) is 28.2 Å². The van der Waals surface area contributed by atoms with Crippen molar-refractivity contribution in [2.75, 3.05) is 6.54 Å².